The molecular weight excluding hydrogens is 308 g/mol. The van der Waals surface area contributed by atoms with Crippen LogP contribution in [0.3, 0.4) is 0 Å². The Morgan fingerprint density at radius 1 is 1.38 bits per heavy atom. The second-order valence-corrected chi connectivity index (χ2v) is 6.63. The van der Waals surface area contributed by atoms with Gasteiger partial charge in [0, 0.05) is 52.9 Å². The molecule has 0 radical (unpaired) electrons. The normalized spacial score (nSPS) is 23.3. The first-order valence-corrected chi connectivity index (χ1v) is 9.12. The molecule has 0 aromatic heterocycles. The van der Waals surface area contributed by atoms with Gasteiger partial charge in [-0.25, -0.2) is 0 Å². The van der Waals surface area contributed by atoms with E-state index in [1.165, 1.54) is 0 Å². The summed E-state index contributed by atoms with van der Waals surface area (Å²) < 4.78 is 11.2. The number of primary amides is 1. The molecule has 138 valence electrons. The van der Waals surface area contributed by atoms with Crippen LogP contribution in [-0.2, 0) is 14.3 Å². The smallest absolute Gasteiger partial charge is 0.217 e. The van der Waals surface area contributed by atoms with Gasteiger partial charge in [-0.1, -0.05) is 0 Å². The molecule has 0 bridgehead atoms. The van der Waals surface area contributed by atoms with E-state index >= 15 is 0 Å². The molecule has 2 fully saturated rings. The number of guanidine groups is 1. The first-order chi connectivity index (χ1) is 11.7. The van der Waals surface area contributed by atoms with E-state index in [1.807, 2.05) is 0 Å². The molecule has 2 saturated heterocycles. The maximum atomic E-state index is 11.1. The van der Waals surface area contributed by atoms with Crippen molar-refractivity contribution >= 4 is 11.9 Å². The first-order valence-electron chi connectivity index (χ1n) is 9.12. The number of piperidine rings is 1. The molecule has 1 atom stereocenters. The SMILES string of the molecule is CN=C(NCCCOC1CCOCC1)N1CCCC(CC(N)=O)C1. The highest BCUT2D eigenvalue weighted by Crippen LogP contribution is 2.19. The lowest BCUT2D eigenvalue weighted by atomic mass is 9.95. The molecule has 2 rings (SSSR count). The Morgan fingerprint density at radius 3 is 2.88 bits per heavy atom. The van der Waals surface area contributed by atoms with Crippen molar-refractivity contribution in [2.45, 2.75) is 44.6 Å². The van der Waals surface area contributed by atoms with Crippen LogP contribution in [0.5, 0.6) is 0 Å². The van der Waals surface area contributed by atoms with Crippen LogP contribution < -0.4 is 11.1 Å². The Labute approximate surface area is 145 Å². The molecule has 0 spiro atoms. The van der Waals surface area contributed by atoms with Crippen LogP contribution in [0, 0.1) is 5.92 Å². The summed E-state index contributed by atoms with van der Waals surface area (Å²) in [7, 11) is 1.80. The van der Waals surface area contributed by atoms with Crippen molar-refractivity contribution in [1.82, 2.24) is 10.2 Å². The van der Waals surface area contributed by atoms with E-state index in [0.717, 1.165) is 77.5 Å². The van der Waals surface area contributed by atoms with Crippen LogP contribution in [0.1, 0.15) is 38.5 Å². The highest BCUT2D eigenvalue weighted by atomic mass is 16.5. The number of nitrogens with two attached hydrogens (primary N) is 1. The van der Waals surface area contributed by atoms with E-state index < -0.39 is 0 Å². The number of nitrogens with one attached hydrogen (secondary N) is 1. The van der Waals surface area contributed by atoms with Crippen LogP contribution in [-0.4, -0.2) is 69.4 Å². The van der Waals surface area contributed by atoms with E-state index in [0.29, 0.717) is 18.4 Å². The molecule has 7 heteroatoms. The van der Waals surface area contributed by atoms with Crippen LogP contribution in [0.4, 0.5) is 0 Å². The van der Waals surface area contributed by atoms with Gasteiger partial charge >= 0.3 is 0 Å². The summed E-state index contributed by atoms with van der Waals surface area (Å²) in [5.74, 6) is 1.04. The largest absolute Gasteiger partial charge is 0.381 e. The topological polar surface area (TPSA) is 89.2 Å². The average Bonchev–Trinajstić information content (AvgIpc) is 2.58. The van der Waals surface area contributed by atoms with Crippen molar-refractivity contribution in [3.05, 3.63) is 0 Å². The standard InChI is InChI=1S/C17H32N4O3/c1-19-17(21-8-2-4-14(13-21)12-16(18)22)20-7-3-9-24-15-5-10-23-11-6-15/h14-15H,2-13H2,1H3,(H2,18,22)(H,19,20). The van der Waals surface area contributed by atoms with E-state index in [2.05, 4.69) is 15.2 Å². The third-order valence-electron chi connectivity index (χ3n) is 4.65. The molecule has 0 saturated carbocycles. The average molecular weight is 340 g/mol. The molecular formula is C17H32N4O3. The molecule has 2 aliphatic heterocycles. The van der Waals surface area contributed by atoms with Crippen molar-refractivity contribution in [2.75, 3.05) is 46.5 Å². The lowest BCUT2D eigenvalue weighted by Crippen LogP contribution is -2.47. The summed E-state index contributed by atoms with van der Waals surface area (Å²) in [5.41, 5.74) is 5.33. The highest BCUT2D eigenvalue weighted by Gasteiger charge is 2.23. The number of carbonyl (C=O) groups is 1. The number of nitrogens with zero attached hydrogens (tertiary/aromatic N) is 2. The summed E-state index contributed by atoms with van der Waals surface area (Å²) in [5, 5.41) is 3.41. The van der Waals surface area contributed by atoms with Gasteiger partial charge in [-0.2, -0.15) is 0 Å². The van der Waals surface area contributed by atoms with Crippen molar-refractivity contribution < 1.29 is 14.3 Å². The Hall–Kier alpha value is -1.34. The Bertz CT molecular complexity index is 411. The van der Waals surface area contributed by atoms with Crippen molar-refractivity contribution in [2.24, 2.45) is 16.6 Å². The van der Waals surface area contributed by atoms with Crippen LogP contribution in [0.15, 0.2) is 4.99 Å². The van der Waals surface area contributed by atoms with Gasteiger partial charge in [0.05, 0.1) is 6.10 Å². The number of ether oxygens (including phenoxy) is 2. The van der Waals surface area contributed by atoms with E-state index in [-0.39, 0.29) is 5.91 Å². The minimum atomic E-state index is -0.213. The van der Waals surface area contributed by atoms with Gasteiger partial charge in [0.25, 0.3) is 0 Å². The van der Waals surface area contributed by atoms with E-state index in [1.54, 1.807) is 7.05 Å². The van der Waals surface area contributed by atoms with Crippen molar-refractivity contribution in [3.8, 4) is 0 Å². The zero-order valence-corrected chi connectivity index (χ0v) is 14.8. The quantitative estimate of drug-likeness (QED) is 0.405. The fraction of sp³-hybridized carbons (Fsp3) is 0.882. The molecule has 0 aromatic carbocycles. The fourth-order valence-corrected chi connectivity index (χ4v) is 3.41. The van der Waals surface area contributed by atoms with Crippen LogP contribution in [0.2, 0.25) is 0 Å². The third-order valence-corrected chi connectivity index (χ3v) is 4.65. The van der Waals surface area contributed by atoms with Gasteiger partial charge in [-0.15, -0.1) is 0 Å². The van der Waals surface area contributed by atoms with Gasteiger partial charge in [-0.3, -0.25) is 9.79 Å². The second-order valence-electron chi connectivity index (χ2n) is 6.63. The lowest BCUT2D eigenvalue weighted by molar-refractivity contribution is -0.119. The Kier molecular flexibility index (Phi) is 8.32. The zero-order valence-electron chi connectivity index (χ0n) is 14.8. The number of aliphatic imine (C=N–C) groups is 1. The summed E-state index contributed by atoms with van der Waals surface area (Å²) in [6.45, 7) is 5.06. The number of carbonyl (C=O) groups excluding carboxylic acids is 1. The predicted octanol–water partition coefficient (Wildman–Crippen LogP) is 0.735. The van der Waals surface area contributed by atoms with Gasteiger partial charge in [0.2, 0.25) is 5.91 Å². The van der Waals surface area contributed by atoms with Gasteiger partial charge in [0.15, 0.2) is 5.96 Å². The van der Waals surface area contributed by atoms with Gasteiger partial charge < -0.3 is 25.4 Å². The van der Waals surface area contributed by atoms with Crippen LogP contribution >= 0.6 is 0 Å². The summed E-state index contributed by atoms with van der Waals surface area (Å²) in [4.78, 5) is 17.7. The predicted molar refractivity (Wildman–Crippen MR) is 93.9 cm³/mol. The molecule has 2 aliphatic rings. The summed E-state index contributed by atoms with van der Waals surface area (Å²) in [6.07, 6.45) is 5.92. The number of amides is 1. The van der Waals surface area contributed by atoms with Gasteiger partial charge in [0.1, 0.15) is 0 Å². The van der Waals surface area contributed by atoms with Gasteiger partial charge in [-0.05, 0) is 38.0 Å². The molecule has 24 heavy (non-hydrogen) atoms. The van der Waals surface area contributed by atoms with E-state index in [4.69, 9.17) is 15.2 Å². The minimum absolute atomic E-state index is 0.213. The number of rotatable bonds is 7. The lowest BCUT2D eigenvalue weighted by Gasteiger charge is -2.34. The van der Waals surface area contributed by atoms with Crippen molar-refractivity contribution in [1.29, 1.82) is 0 Å². The molecule has 3 N–H and O–H groups in total. The summed E-state index contributed by atoms with van der Waals surface area (Å²) >= 11 is 0. The minimum Gasteiger partial charge on any atom is -0.381 e. The molecule has 2 heterocycles. The monoisotopic (exact) mass is 340 g/mol. The number of likely N-dealkylation sites (tertiary alicyclic amines) is 1. The van der Waals surface area contributed by atoms with Crippen LogP contribution in [0.25, 0.3) is 0 Å². The second kappa shape index (κ2) is 10.5. The summed E-state index contributed by atoms with van der Waals surface area (Å²) in [6, 6.07) is 0. The molecule has 0 aliphatic carbocycles. The number of hydrogen-bond donors (Lipinski definition) is 2. The Balaban J connectivity index is 1.63. The molecule has 0 aromatic rings. The third kappa shape index (κ3) is 6.65. The van der Waals surface area contributed by atoms with Crippen molar-refractivity contribution in [3.63, 3.8) is 0 Å². The molecule has 7 nitrogen and oxygen atoms in total. The zero-order chi connectivity index (χ0) is 17.2. The first kappa shape index (κ1) is 19.0. The maximum absolute atomic E-state index is 11.1. The molecule has 1 unspecified atom stereocenters. The fourth-order valence-electron chi connectivity index (χ4n) is 3.41. The van der Waals surface area contributed by atoms with E-state index in [9.17, 15) is 4.79 Å². The Morgan fingerprint density at radius 2 is 2.17 bits per heavy atom. The molecule has 1 amide bonds. The highest BCUT2D eigenvalue weighted by molar-refractivity contribution is 5.80. The number of hydrogen-bond acceptors (Lipinski definition) is 4. The maximum Gasteiger partial charge on any atom is 0.217 e.